The molecule has 9 nitrogen and oxygen atoms in total. The van der Waals surface area contributed by atoms with E-state index in [-0.39, 0.29) is 46.1 Å². The lowest BCUT2D eigenvalue weighted by molar-refractivity contribution is -0.312. The van der Waals surface area contributed by atoms with Crippen molar-refractivity contribution in [3.63, 3.8) is 0 Å². The minimum atomic E-state index is -4.11. The summed E-state index contributed by atoms with van der Waals surface area (Å²) in [7, 11) is -1.85. The predicted octanol–water partition coefficient (Wildman–Crippen LogP) is -0.220. The molecular weight excluding hydrogens is 386 g/mol. The topological polar surface area (TPSA) is 130 Å². The third-order valence-electron chi connectivity index (χ3n) is 4.24. The Morgan fingerprint density at radius 2 is 1.65 bits per heavy atom. The summed E-state index contributed by atoms with van der Waals surface area (Å²) < 4.78 is 36.1. The van der Waals surface area contributed by atoms with Crippen LogP contribution in [0.25, 0.3) is 0 Å². The molecule has 0 saturated carbocycles. The van der Waals surface area contributed by atoms with E-state index >= 15 is 0 Å². The zero-order valence-electron chi connectivity index (χ0n) is 14.4. The molecule has 26 heavy (non-hydrogen) atoms. The summed E-state index contributed by atoms with van der Waals surface area (Å²) in [5.74, 6) is -3.55. The number of thiophene rings is 1. The Morgan fingerprint density at radius 3 is 2.12 bits per heavy atom. The van der Waals surface area contributed by atoms with Gasteiger partial charge in [0, 0.05) is 25.0 Å². The molecule has 0 radical (unpaired) electrons. The lowest BCUT2D eigenvalue weighted by atomic mass is 9.99. The number of esters is 2. The van der Waals surface area contributed by atoms with Crippen LogP contribution in [0.3, 0.4) is 0 Å². The van der Waals surface area contributed by atoms with Gasteiger partial charge in [-0.3, -0.25) is 0 Å². The van der Waals surface area contributed by atoms with Crippen LogP contribution in [0.4, 0.5) is 0 Å². The van der Waals surface area contributed by atoms with Gasteiger partial charge >= 0.3 is 11.9 Å². The Labute approximate surface area is 154 Å². The monoisotopic (exact) mass is 404 g/mol. The molecule has 0 aromatic carbocycles. The minimum Gasteiger partial charge on any atom is -0.550 e. The van der Waals surface area contributed by atoms with Gasteiger partial charge in [0.1, 0.15) is 4.88 Å². The number of methoxy groups -OCH3 is 2. The molecule has 1 aliphatic rings. The smallest absolute Gasteiger partial charge is 0.348 e. The highest BCUT2D eigenvalue weighted by Gasteiger charge is 2.37. The van der Waals surface area contributed by atoms with Crippen molar-refractivity contribution in [1.82, 2.24) is 4.31 Å². The van der Waals surface area contributed by atoms with E-state index in [0.717, 1.165) is 18.5 Å². The lowest BCUT2D eigenvalue weighted by Crippen LogP contribution is -2.43. The first-order valence-corrected chi connectivity index (χ1v) is 9.91. The number of rotatable bonds is 5. The van der Waals surface area contributed by atoms with Crippen molar-refractivity contribution in [2.24, 2.45) is 5.92 Å². The number of carboxylic acids is 1. The molecule has 0 atom stereocenters. The molecule has 2 heterocycles. The molecule has 11 heteroatoms. The highest BCUT2D eigenvalue weighted by molar-refractivity contribution is 7.91. The third kappa shape index (κ3) is 3.60. The van der Waals surface area contributed by atoms with Gasteiger partial charge in [-0.25, -0.2) is 18.0 Å². The standard InChI is InChI=1S/C15H19NO8S2/c1-8-10(13(19)23-2)15(25-11(8)14(20)24-3)26(21,22)16-6-4-9(5-7-16)12(17)18/h9H,4-7H2,1-3H3,(H,17,18)/p-1. The zero-order chi connectivity index (χ0) is 19.6. The number of aliphatic carboxylic acids is 1. The fourth-order valence-electron chi connectivity index (χ4n) is 2.74. The Bertz CT molecular complexity index is 834. The first-order chi connectivity index (χ1) is 12.1. The molecule has 1 aromatic rings. The number of nitrogens with zero attached hydrogens (tertiary/aromatic N) is 1. The summed E-state index contributed by atoms with van der Waals surface area (Å²) >= 11 is 0.637. The van der Waals surface area contributed by atoms with Crippen molar-refractivity contribution in [3.8, 4) is 0 Å². The molecule has 0 amide bonds. The molecule has 0 aliphatic carbocycles. The average Bonchev–Trinajstić information content (AvgIpc) is 2.98. The van der Waals surface area contributed by atoms with E-state index in [1.54, 1.807) is 0 Å². The largest absolute Gasteiger partial charge is 0.550 e. The highest BCUT2D eigenvalue weighted by atomic mass is 32.2. The van der Waals surface area contributed by atoms with E-state index in [9.17, 15) is 27.9 Å². The minimum absolute atomic E-state index is 0.00361. The maximum atomic E-state index is 13.0. The van der Waals surface area contributed by atoms with Crippen LogP contribution in [-0.2, 0) is 24.3 Å². The van der Waals surface area contributed by atoms with Crippen LogP contribution < -0.4 is 5.11 Å². The van der Waals surface area contributed by atoms with Crippen molar-refractivity contribution in [2.45, 2.75) is 24.0 Å². The number of carbonyl (C=O) groups is 3. The van der Waals surface area contributed by atoms with Crippen LogP contribution in [0.1, 0.15) is 38.4 Å². The van der Waals surface area contributed by atoms with E-state index in [1.165, 1.54) is 6.92 Å². The molecule has 2 rings (SSSR count). The first-order valence-electron chi connectivity index (χ1n) is 7.66. The molecule has 1 aliphatic heterocycles. The number of piperidine rings is 1. The van der Waals surface area contributed by atoms with Crippen molar-refractivity contribution in [1.29, 1.82) is 0 Å². The van der Waals surface area contributed by atoms with Crippen LogP contribution in [0, 0.1) is 12.8 Å². The van der Waals surface area contributed by atoms with Crippen molar-refractivity contribution in [3.05, 3.63) is 16.0 Å². The fourth-order valence-corrected chi connectivity index (χ4v) is 6.10. The normalized spacial score (nSPS) is 16.3. The van der Waals surface area contributed by atoms with Crippen LogP contribution in [0.2, 0.25) is 0 Å². The number of hydrogen-bond donors (Lipinski definition) is 0. The summed E-state index contributed by atoms with van der Waals surface area (Å²) in [5.41, 5.74) is -0.0446. The second-order valence-electron chi connectivity index (χ2n) is 5.70. The van der Waals surface area contributed by atoms with E-state index in [2.05, 4.69) is 9.47 Å². The van der Waals surface area contributed by atoms with E-state index in [4.69, 9.17) is 0 Å². The predicted molar refractivity (Wildman–Crippen MR) is 88.2 cm³/mol. The first kappa shape index (κ1) is 20.3. The van der Waals surface area contributed by atoms with Gasteiger partial charge in [0.2, 0.25) is 0 Å². The van der Waals surface area contributed by atoms with Gasteiger partial charge in [-0.15, -0.1) is 11.3 Å². The van der Waals surface area contributed by atoms with Gasteiger partial charge in [0.15, 0.2) is 4.21 Å². The zero-order valence-corrected chi connectivity index (χ0v) is 16.1. The summed E-state index contributed by atoms with van der Waals surface area (Å²) in [6, 6.07) is 0. The van der Waals surface area contributed by atoms with Gasteiger partial charge in [-0.05, 0) is 25.3 Å². The molecule has 0 N–H and O–H groups in total. The number of hydrogen-bond acceptors (Lipinski definition) is 9. The van der Waals surface area contributed by atoms with Gasteiger partial charge in [-0.2, -0.15) is 4.31 Å². The second kappa shape index (κ2) is 7.72. The van der Waals surface area contributed by atoms with Crippen LogP contribution in [0.5, 0.6) is 0 Å². The summed E-state index contributed by atoms with van der Waals surface area (Å²) in [6.45, 7) is 1.40. The second-order valence-corrected chi connectivity index (χ2v) is 8.85. The van der Waals surface area contributed by atoms with E-state index in [0.29, 0.717) is 11.3 Å². The molecule has 1 aromatic heterocycles. The van der Waals surface area contributed by atoms with Crippen molar-refractivity contribution < 1.29 is 37.4 Å². The number of carbonyl (C=O) groups excluding carboxylic acids is 3. The quantitative estimate of drug-likeness (QED) is 0.616. The number of sulfonamides is 1. The summed E-state index contributed by atoms with van der Waals surface area (Å²) in [5, 5.41) is 10.9. The SMILES string of the molecule is COC(=O)c1sc(S(=O)(=O)N2CCC(C(=O)[O-])CC2)c(C(=O)OC)c1C. The number of carboxylic acid groups (broad SMARTS) is 1. The Hall–Kier alpha value is -1.98. The fraction of sp³-hybridized carbons (Fsp3) is 0.533. The van der Waals surface area contributed by atoms with Crippen LogP contribution in [0.15, 0.2) is 4.21 Å². The van der Waals surface area contributed by atoms with Crippen molar-refractivity contribution in [2.75, 3.05) is 27.3 Å². The average molecular weight is 404 g/mol. The van der Waals surface area contributed by atoms with Gasteiger partial charge in [0.25, 0.3) is 10.0 Å². The molecule has 0 unspecified atom stereocenters. The molecule has 1 fully saturated rings. The summed E-state index contributed by atoms with van der Waals surface area (Å²) in [6.07, 6.45) is 0.229. The Balaban J connectivity index is 2.47. The Morgan fingerprint density at radius 1 is 1.12 bits per heavy atom. The Kier molecular flexibility index (Phi) is 6.04. The van der Waals surface area contributed by atoms with Gasteiger partial charge in [0.05, 0.1) is 19.8 Å². The van der Waals surface area contributed by atoms with Gasteiger partial charge in [-0.1, -0.05) is 0 Å². The van der Waals surface area contributed by atoms with E-state index in [1.807, 2.05) is 0 Å². The lowest BCUT2D eigenvalue weighted by Gasteiger charge is -2.31. The molecule has 0 bridgehead atoms. The maximum Gasteiger partial charge on any atom is 0.348 e. The molecule has 0 spiro atoms. The highest BCUT2D eigenvalue weighted by Crippen LogP contribution is 2.36. The maximum absolute atomic E-state index is 13.0. The number of ether oxygens (including phenoxy) is 2. The summed E-state index contributed by atoms with van der Waals surface area (Å²) in [4.78, 5) is 34.9. The van der Waals surface area contributed by atoms with Crippen LogP contribution >= 0.6 is 11.3 Å². The van der Waals surface area contributed by atoms with Gasteiger partial charge < -0.3 is 19.4 Å². The molecule has 1 saturated heterocycles. The van der Waals surface area contributed by atoms with Crippen LogP contribution in [-0.4, -0.2) is 57.9 Å². The molecular formula is C15H18NO8S2-. The van der Waals surface area contributed by atoms with E-state index < -0.39 is 33.8 Å². The third-order valence-corrected chi connectivity index (χ3v) is 7.90. The van der Waals surface area contributed by atoms with Crippen molar-refractivity contribution >= 4 is 39.3 Å². The molecule has 144 valence electrons.